The smallest absolute Gasteiger partial charge is 0.161 e. The van der Waals surface area contributed by atoms with Crippen molar-refractivity contribution in [3.63, 3.8) is 0 Å². The Hall–Kier alpha value is -2.37. The maximum Gasteiger partial charge on any atom is 0.161 e. The van der Waals surface area contributed by atoms with Crippen LogP contribution >= 0.6 is 23.1 Å². The number of hydrogen-bond donors (Lipinski definition) is 0. The lowest BCUT2D eigenvalue weighted by Gasteiger charge is -2.09. The van der Waals surface area contributed by atoms with Crippen LogP contribution in [-0.4, -0.2) is 35.2 Å². The number of nitrogens with zero attached hydrogens (tertiary/aromatic N) is 4. The monoisotopic (exact) mass is 358 g/mol. The third-order valence-electron chi connectivity index (χ3n) is 3.32. The summed E-state index contributed by atoms with van der Waals surface area (Å²) in [5.41, 5.74) is 2.42. The van der Waals surface area contributed by atoms with E-state index in [1.54, 1.807) is 25.6 Å². The highest BCUT2D eigenvalue weighted by Gasteiger charge is 2.17. The normalized spacial score (nSPS) is 10.6. The minimum atomic E-state index is 0.316. The standard InChI is InChI=1S/C16H14N4O2S2/c1-9-18-14-15(24-9)13(19-20-16(14)23-7-6-17)10-4-5-11(21-2)12(8-10)22-3/h4-5,8H,7H2,1-3H3. The number of methoxy groups -OCH3 is 2. The number of benzene rings is 1. The molecule has 0 N–H and O–H groups in total. The molecule has 0 fully saturated rings. The number of nitriles is 1. The summed E-state index contributed by atoms with van der Waals surface area (Å²) >= 11 is 2.91. The van der Waals surface area contributed by atoms with Crippen LogP contribution in [0.1, 0.15) is 5.01 Å². The highest BCUT2D eigenvalue weighted by molar-refractivity contribution is 7.99. The predicted octanol–water partition coefficient (Wildman–Crippen LogP) is 3.69. The molecule has 0 unspecified atom stereocenters. The zero-order valence-electron chi connectivity index (χ0n) is 13.4. The van der Waals surface area contributed by atoms with Crippen molar-refractivity contribution in [1.82, 2.24) is 15.2 Å². The van der Waals surface area contributed by atoms with E-state index in [1.165, 1.54) is 11.8 Å². The predicted molar refractivity (Wildman–Crippen MR) is 94.8 cm³/mol. The van der Waals surface area contributed by atoms with E-state index in [9.17, 15) is 0 Å². The van der Waals surface area contributed by atoms with Crippen LogP contribution in [0.5, 0.6) is 11.5 Å². The first-order valence-electron chi connectivity index (χ1n) is 7.04. The molecule has 24 heavy (non-hydrogen) atoms. The minimum Gasteiger partial charge on any atom is -0.493 e. The van der Waals surface area contributed by atoms with E-state index in [2.05, 4.69) is 21.3 Å². The SMILES string of the molecule is COc1ccc(-c2nnc(SCC#N)c3nc(C)sc23)cc1OC. The summed E-state index contributed by atoms with van der Waals surface area (Å²) in [6.07, 6.45) is 0. The second kappa shape index (κ2) is 7.03. The summed E-state index contributed by atoms with van der Waals surface area (Å²) in [6.45, 7) is 1.95. The number of hydrogen-bond acceptors (Lipinski definition) is 8. The molecule has 1 aromatic carbocycles. The molecular formula is C16H14N4O2S2. The van der Waals surface area contributed by atoms with Crippen molar-refractivity contribution >= 4 is 33.3 Å². The maximum absolute atomic E-state index is 8.78. The Morgan fingerprint density at radius 3 is 2.71 bits per heavy atom. The summed E-state index contributed by atoms with van der Waals surface area (Å²) in [5.74, 6) is 1.61. The Labute approximate surface area is 147 Å². The Balaban J connectivity index is 2.15. The van der Waals surface area contributed by atoms with Gasteiger partial charge in [0, 0.05) is 5.56 Å². The molecule has 3 aromatic rings. The highest BCUT2D eigenvalue weighted by atomic mass is 32.2. The quantitative estimate of drug-likeness (QED) is 0.643. The third kappa shape index (κ3) is 3.00. The van der Waals surface area contributed by atoms with Gasteiger partial charge in [0.1, 0.15) is 16.2 Å². The lowest BCUT2D eigenvalue weighted by Crippen LogP contribution is -1.95. The van der Waals surface area contributed by atoms with Crippen LogP contribution in [0.3, 0.4) is 0 Å². The van der Waals surface area contributed by atoms with E-state index in [0.717, 1.165) is 26.5 Å². The molecule has 2 heterocycles. The number of fused-ring (bicyclic) bond motifs is 1. The lowest BCUT2D eigenvalue weighted by atomic mass is 10.1. The van der Waals surface area contributed by atoms with E-state index < -0.39 is 0 Å². The molecule has 0 saturated carbocycles. The van der Waals surface area contributed by atoms with E-state index in [1.807, 2.05) is 25.1 Å². The van der Waals surface area contributed by atoms with Crippen molar-refractivity contribution in [2.75, 3.05) is 20.0 Å². The molecule has 0 spiro atoms. The van der Waals surface area contributed by atoms with E-state index in [0.29, 0.717) is 22.3 Å². The molecule has 0 amide bonds. The Kier molecular flexibility index (Phi) is 4.83. The van der Waals surface area contributed by atoms with Gasteiger partial charge in [-0.1, -0.05) is 11.8 Å². The van der Waals surface area contributed by atoms with Crippen molar-refractivity contribution < 1.29 is 9.47 Å². The van der Waals surface area contributed by atoms with Gasteiger partial charge < -0.3 is 9.47 Å². The fourth-order valence-electron chi connectivity index (χ4n) is 2.29. The summed E-state index contributed by atoms with van der Waals surface area (Å²) < 4.78 is 11.6. The van der Waals surface area contributed by atoms with Crippen LogP contribution in [0.4, 0.5) is 0 Å². The number of aryl methyl sites for hydroxylation is 1. The molecule has 0 saturated heterocycles. The zero-order valence-corrected chi connectivity index (χ0v) is 15.0. The molecule has 3 rings (SSSR count). The van der Waals surface area contributed by atoms with Gasteiger partial charge in [0.05, 0.1) is 35.7 Å². The first kappa shape index (κ1) is 16.5. The first-order chi connectivity index (χ1) is 11.7. The van der Waals surface area contributed by atoms with Gasteiger partial charge in [0.25, 0.3) is 0 Å². The van der Waals surface area contributed by atoms with Gasteiger partial charge in [-0.3, -0.25) is 0 Å². The van der Waals surface area contributed by atoms with Crippen LogP contribution in [0.25, 0.3) is 21.5 Å². The largest absolute Gasteiger partial charge is 0.493 e. The van der Waals surface area contributed by atoms with Crippen molar-refractivity contribution in [2.24, 2.45) is 0 Å². The molecule has 0 aliphatic carbocycles. The number of aromatic nitrogens is 3. The molecular weight excluding hydrogens is 344 g/mol. The van der Waals surface area contributed by atoms with Crippen molar-refractivity contribution in [3.8, 4) is 28.8 Å². The maximum atomic E-state index is 8.78. The third-order valence-corrected chi connectivity index (χ3v) is 5.12. The molecule has 0 aliphatic heterocycles. The van der Waals surface area contributed by atoms with Crippen LogP contribution in [0, 0.1) is 18.3 Å². The second-order valence-corrected chi connectivity index (χ2v) is 6.95. The number of ether oxygens (including phenoxy) is 2. The first-order valence-corrected chi connectivity index (χ1v) is 8.84. The fraction of sp³-hybridized carbons (Fsp3) is 0.250. The molecule has 0 bridgehead atoms. The van der Waals surface area contributed by atoms with Crippen molar-refractivity contribution in [1.29, 1.82) is 5.26 Å². The summed E-state index contributed by atoms with van der Waals surface area (Å²) in [6, 6.07) is 7.74. The van der Waals surface area contributed by atoms with Crippen LogP contribution in [0.15, 0.2) is 23.2 Å². The summed E-state index contributed by atoms with van der Waals surface area (Å²) in [5, 5.41) is 19.0. The number of thioether (sulfide) groups is 1. The van der Waals surface area contributed by atoms with E-state index >= 15 is 0 Å². The molecule has 6 nitrogen and oxygen atoms in total. The second-order valence-electron chi connectivity index (χ2n) is 4.78. The average Bonchev–Trinajstić information content (AvgIpc) is 3.00. The van der Waals surface area contributed by atoms with Gasteiger partial charge in [-0.25, -0.2) is 4.98 Å². The van der Waals surface area contributed by atoms with Crippen LogP contribution in [0.2, 0.25) is 0 Å². The van der Waals surface area contributed by atoms with E-state index in [-0.39, 0.29) is 0 Å². The van der Waals surface area contributed by atoms with Gasteiger partial charge in [0.15, 0.2) is 11.5 Å². The molecule has 0 aliphatic rings. The lowest BCUT2D eigenvalue weighted by molar-refractivity contribution is 0.355. The summed E-state index contributed by atoms with van der Waals surface area (Å²) in [4.78, 5) is 4.56. The van der Waals surface area contributed by atoms with E-state index in [4.69, 9.17) is 14.7 Å². The zero-order chi connectivity index (χ0) is 17.1. The molecule has 122 valence electrons. The number of thiazole rings is 1. The fourth-order valence-corrected chi connectivity index (χ4v) is 3.87. The van der Waals surface area contributed by atoms with Crippen molar-refractivity contribution in [2.45, 2.75) is 11.9 Å². The summed E-state index contributed by atoms with van der Waals surface area (Å²) in [7, 11) is 3.20. The van der Waals surface area contributed by atoms with Gasteiger partial charge in [-0.2, -0.15) is 5.26 Å². The topological polar surface area (TPSA) is 80.9 Å². The van der Waals surface area contributed by atoms with Gasteiger partial charge in [-0.05, 0) is 25.1 Å². The van der Waals surface area contributed by atoms with Gasteiger partial charge in [0.2, 0.25) is 0 Å². The van der Waals surface area contributed by atoms with Crippen LogP contribution in [-0.2, 0) is 0 Å². The van der Waals surface area contributed by atoms with Gasteiger partial charge in [-0.15, -0.1) is 21.5 Å². The minimum absolute atomic E-state index is 0.316. The molecule has 0 radical (unpaired) electrons. The Bertz CT molecular complexity index is 934. The molecule has 2 aromatic heterocycles. The average molecular weight is 358 g/mol. The Morgan fingerprint density at radius 2 is 2.00 bits per heavy atom. The molecule has 8 heteroatoms. The highest BCUT2D eigenvalue weighted by Crippen LogP contribution is 2.38. The van der Waals surface area contributed by atoms with Crippen LogP contribution < -0.4 is 9.47 Å². The molecule has 0 atom stereocenters. The van der Waals surface area contributed by atoms with Gasteiger partial charge >= 0.3 is 0 Å². The number of rotatable bonds is 5. The van der Waals surface area contributed by atoms with Crippen molar-refractivity contribution in [3.05, 3.63) is 23.2 Å². The Morgan fingerprint density at radius 1 is 1.21 bits per heavy atom.